The zero-order chi connectivity index (χ0) is 10.2. The van der Waals surface area contributed by atoms with Gasteiger partial charge in [0.25, 0.3) is 0 Å². The Morgan fingerprint density at radius 2 is 2.08 bits per heavy atom. The standard InChI is InChI=1S/C7H8O4S2/c1-4-5(7(8)9)3-6(12-4)13(2,10)11/h3H,1-2H3,(H,8,9). The van der Waals surface area contributed by atoms with Gasteiger partial charge in [-0.1, -0.05) is 0 Å². The molecule has 72 valence electrons. The largest absolute Gasteiger partial charge is 0.478 e. The molecule has 1 heterocycles. The third-order valence-corrected chi connectivity index (χ3v) is 4.34. The highest BCUT2D eigenvalue weighted by Crippen LogP contribution is 2.25. The van der Waals surface area contributed by atoms with Crippen LogP contribution in [0.5, 0.6) is 0 Å². The monoisotopic (exact) mass is 220 g/mol. The number of aryl methyl sites for hydroxylation is 1. The van der Waals surface area contributed by atoms with Gasteiger partial charge in [-0.3, -0.25) is 0 Å². The Labute approximate surface area is 79.7 Å². The molecule has 0 aliphatic carbocycles. The summed E-state index contributed by atoms with van der Waals surface area (Å²) in [6.45, 7) is 1.59. The molecule has 0 radical (unpaired) electrons. The van der Waals surface area contributed by atoms with Crippen molar-refractivity contribution in [1.82, 2.24) is 0 Å². The van der Waals surface area contributed by atoms with E-state index in [-0.39, 0.29) is 9.77 Å². The predicted octanol–water partition coefficient (Wildman–Crippen LogP) is 1.16. The van der Waals surface area contributed by atoms with Gasteiger partial charge >= 0.3 is 5.97 Å². The third kappa shape index (κ3) is 2.07. The molecule has 0 saturated heterocycles. The number of carboxylic acid groups (broad SMARTS) is 1. The second-order valence-electron chi connectivity index (χ2n) is 2.61. The van der Waals surface area contributed by atoms with Crippen LogP contribution in [0.2, 0.25) is 0 Å². The van der Waals surface area contributed by atoms with Gasteiger partial charge in [0, 0.05) is 11.1 Å². The molecule has 0 atom stereocenters. The Kier molecular flexibility index (Phi) is 2.44. The second kappa shape index (κ2) is 3.12. The van der Waals surface area contributed by atoms with E-state index in [0.717, 1.165) is 17.6 Å². The molecule has 0 bridgehead atoms. The fraction of sp³-hybridized carbons (Fsp3) is 0.286. The van der Waals surface area contributed by atoms with Crippen molar-refractivity contribution in [3.8, 4) is 0 Å². The number of carboxylic acids is 1. The van der Waals surface area contributed by atoms with Crippen LogP contribution in [-0.2, 0) is 9.84 Å². The summed E-state index contributed by atoms with van der Waals surface area (Å²) in [6, 6.07) is 1.19. The molecule has 0 aliphatic heterocycles. The molecule has 0 fully saturated rings. The van der Waals surface area contributed by atoms with Crippen LogP contribution in [0.4, 0.5) is 0 Å². The van der Waals surface area contributed by atoms with E-state index in [4.69, 9.17) is 5.11 Å². The van der Waals surface area contributed by atoms with Crippen LogP contribution in [0, 0.1) is 6.92 Å². The normalized spacial score (nSPS) is 11.5. The molecule has 0 spiro atoms. The molecular formula is C7H8O4S2. The molecule has 1 aromatic heterocycles. The van der Waals surface area contributed by atoms with Gasteiger partial charge in [0.15, 0.2) is 9.84 Å². The van der Waals surface area contributed by atoms with E-state index < -0.39 is 15.8 Å². The summed E-state index contributed by atoms with van der Waals surface area (Å²) in [6.07, 6.45) is 1.06. The number of sulfone groups is 1. The summed E-state index contributed by atoms with van der Waals surface area (Å²) in [4.78, 5) is 11.1. The molecule has 0 aromatic carbocycles. The Morgan fingerprint density at radius 1 is 1.54 bits per heavy atom. The summed E-state index contributed by atoms with van der Waals surface area (Å²) in [5.74, 6) is -1.09. The Balaban J connectivity index is 3.33. The van der Waals surface area contributed by atoms with Crippen molar-refractivity contribution in [1.29, 1.82) is 0 Å². The minimum atomic E-state index is -3.28. The van der Waals surface area contributed by atoms with E-state index in [0.29, 0.717) is 4.88 Å². The summed E-state index contributed by atoms with van der Waals surface area (Å²) in [5, 5.41) is 8.66. The van der Waals surface area contributed by atoms with E-state index in [1.807, 2.05) is 0 Å². The maximum Gasteiger partial charge on any atom is 0.336 e. The number of aromatic carboxylic acids is 1. The van der Waals surface area contributed by atoms with E-state index in [2.05, 4.69) is 0 Å². The molecule has 4 nitrogen and oxygen atoms in total. The SMILES string of the molecule is Cc1sc(S(C)(=O)=O)cc1C(=O)O. The summed E-state index contributed by atoms with van der Waals surface area (Å²) in [7, 11) is -3.28. The quantitative estimate of drug-likeness (QED) is 0.811. The van der Waals surface area contributed by atoms with E-state index >= 15 is 0 Å². The Bertz CT molecular complexity index is 441. The van der Waals surface area contributed by atoms with Gasteiger partial charge in [0.2, 0.25) is 0 Å². The summed E-state index contributed by atoms with van der Waals surface area (Å²) in [5.41, 5.74) is 0.0606. The lowest BCUT2D eigenvalue weighted by atomic mass is 10.3. The minimum Gasteiger partial charge on any atom is -0.478 e. The van der Waals surface area contributed by atoms with Crippen molar-refractivity contribution in [2.45, 2.75) is 11.1 Å². The second-order valence-corrected chi connectivity index (χ2v) is 6.11. The number of hydrogen-bond acceptors (Lipinski definition) is 4. The van der Waals surface area contributed by atoms with Crippen LogP contribution in [0.1, 0.15) is 15.2 Å². The molecule has 1 rings (SSSR count). The van der Waals surface area contributed by atoms with Crippen LogP contribution in [-0.4, -0.2) is 25.7 Å². The maximum atomic E-state index is 11.0. The molecule has 1 N–H and O–H groups in total. The first-order valence-corrected chi connectivity index (χ1v) is 6.07. The molecular weight excluding hydrogens is 212 g/mol. The lowest BCUT2D eigenvalue weighted by Crippen LogP contribution is -1.96. The van der Waals surface area contributed by atoms with Gasteiger partial charge in [0.05, 0.1) is 5.56 Å². The van der Waals surface area contributed by atoms with Crippen molar-refractivity contribution in [3.63, 3.8) is 0 Å². The fourth-order valence-corrected chi connectivity index (χ4v) is 2.90. The van der Waals surface area contributed by atoms with Crippen molar-refractivity contribution >= 4 is 27.1 Å². The van der Waals surface area contributed by atoms with Crippen molar-refractivity contribution in [3.05, 3.63) is 16.5 Å². The van der Waals surface area contributed by atoms with Crippen LogP contribution in [0.25, 0.3) is 0 Å². The lowest BCUT2D eigenvalue weighted by Gasteiger charge is -1.87. The van der Waals surface area contributed by atoms with Gasteiger partial charge < -0.3 is 5.11 Å². The molecule has 1 aromatic rings. The molecule has 6 heteroatoms. The average Bonchev–Trinajstić information content (AvgIpc) is 2.29. The van der Waals surface area contributed by atoms with Gasteiger partial charge in [-0.15, -0.1) is 11.3 Å². The predicted molar refractivity (Wildman–Crippen MR) is 49.1 cm³/mol. The van der Waals surface area contributed by atoms with Gasteiger partial charge in [-0.25, -0.2) is 13.2 Å². The highest BCUT2D eigenvalue weighted by Gasteiger charge is 2.17. The summed E-state index contributed by atoms with van der Waals surface area (Å²) < 4.78 is 22.2. The first kappa shape index (κ1) is 10.2. The smallest absolute Gasteiger partial charge is 0.336 e. The Morgan fingerprint density at radius 3 is 2.31 bits per heavy atom. The number of rotatable bonds is 2. The number of thiophene rings is 1. The highest BCUT2D eigenvalue weighted by atomic mass is 32.2. The molecule has 0 amide bonds. The summed E-state index contributed by atoms with van der Waals surface area (Å²) >= 11 is 0.981. The molecule has 13 heavy (non-hydrogen) atoms. The van der Waals surface area contributed by atoms with Crippen LogP contribution in [0.15, 0.2) is 10.3 Å². The Hall–Kier alpha value is -0.880. The van der Waals surface area contributed by atoms with Gasteiger partial charge in [-0.05, 0) is 13.0 Å². The van der Waals surface area contributed by atoms with E-state index in [9.17, 15) is 13.2 Å². The fourth-order valence-electron chi connectivity index (χ4n) is 0.850. The highest BCUT2D eigenvalue weighted by molar-refractivity contribution is 7.92. The molecule has 0 saturated carbocycles. The van der Waals surface area contributed by atoms with Crippen molar-refractivity contribution < 1.29 is 18.3 Å². The topological polar surface area (TPSA) is 71.4 Å². The minimum absolute atomic E-state index is 0.0606. The number of carbonyl (C=O) groups is 1. The third-order valence-electron chi connectivity index (χ3n) is 1.49. The molecule has 0 aliphatic rings. The maximum absolute atomic E-state index is 11.0. The number of hydrogen-bond donors (Lipinski definition) is 1. The van der Waals surface area contributed by atoms with Crippen molar-refractivity contribution in [2.24, 2.45) is 0 Å². The van der Waals surface area contributed by atoms with Crippen LogP contribution < -0.4 is 0 Å². The van der Waals surface area contributed by atoms with Crippen LogP contribution >= 0.6 is 11.3 Å². The van der Waals surface area contributed by atoms with Crippen molar-refractivity contribution in [2.75, 3.05) is 6.26 Å². The zero-order valence-electron chi connectivity index (χ0n) is 7.07. The first-order valence-electron chi connectivity index (χ1n) is 3.36. The zero-order valence-corrected chi connectivity index (χ0v) is 8.70. The molecule has 0 unspecified atom stereocenters. The van der Waals surface area contributed by atoms with Gasteiger partial charge in [-0.2, -0.15) is 0 Å². The van der Waals surface area contributed by atoms with E-state index in [1.54, 1.807) is 6.92 Å². The van der Waals surface area contributed by atoms with Crippen LogP contribution in [0.3, 0.4) is 0 Å². The first-order chi connectivity index (χ1) is 5.82. The van der Waals surface area contributed by atoms with Gasteiger partial charge in [0.1, 0.15) is 4.21 Å². The van der Waals surface area contributed by atoms with E-state index in [1.165, 1.54) is 6.07 Å². The average molecular weight is 220 g/mol. The lowest BCUT2D eigenvalue weighted by molar-refractivity contribution is 0.0696.